The van der Waals surface area contributed by atoms with Crippen molar-refractivity contribution in [3.8, 4) is 5.75 Å². The molecule has 0 saturated heterocycles. The zero-order valence-corrected chi connectivity index (χ0v) is 26.5. The predicted molar refractivity (Wildman–Crippen MR) is 167 cm³/mol. The summed E-state index contributed by atoms with van der Waals surface area (Å²) in [6.45, 7) is 5.50. The standard InChI is InChI=1S/C37H45F7O2/c1-3-5-6-7-8-9-31(38)35(42)26-14-19-30(32(39)21-26)25-10-15-28(16-11-25)37(43,44)46-29-17-12-24(13-18-29)27-22-33(40)36(34(41)23-27)45-20-4-2/h4,14,19,21-25,28-29H,2-3,5-13,15-18,20H2,1H3/b35-31+. The van der Waals surface area contributed by atoms with Crippen LogP contribution in [0.2, 0.25) is 0 Å². The van der Waals surface area contributed by atoms with Gasteiger partial charge >= 0.3 is 6.11 Å². The van der Waals surface area contributed by atoms with Gasteiger partial charge in [0.15, 0.2) is 23.2 Å². The fourth-order valence-corrected chi connectivity index (χ4v) is 6.81. The van der Waals surface area contributed by atoms with Gasteiger partial charge in [-0.05, 0) is 98.9 Å². The van der Waals surface area contributed by atoms with E-state index in [2.05, 4.69) is 13.5 Å². The van der Waals surface area contributed by atoms with Gasteiger partial charge in [0.25, 0.3) is 0 Å². The van der Waals surface area contributed by atoms with Crippen LogP contribution in [0.4, 0.5) is 30.7 Å². The maximum Gasteiger partial charge on any atom is 0.358 e. The van der Waals surface area contributed by atoms with E-state index in [-0.39, 0.29) is 43.3 Å². The summed E-state index contributed by atoms with van der Waals surface area (Å²) in [5.74, 6) is -6.20. The minimum Gasteiger partial charge on any atom is -0.483 e. The lowest BCUT2D eigenvalue weighted by Gasteiger charge is -2.37. The van der Waals surface area contributed by atoms with Crippen LogP contribution in [0.25, 0.3) is 5.83 Å². The van der Waals surface area contributed by atoms with Crippen molar-refractivity contribution in [3.63, 3.8) is 0 Å². The summed E-state index contributed by atoms with van der Waals surface area (Å²) in [6.07, 6.45) is 4.18. The minimum absolute atomic E-state index is 0.0268. The van der Waals surface area contributed by atoms with Crippen LogP contribution < -0.4 is 4.74 Å². The summed E-state index contributed by atoms with van der Waals surface area (Å²) in [6, 6.07) is 6.27. The number of hydrogen-bond acceptors (Lipinski definition) is 2. The van der Waals surface area contributed by atoms with Gasteiger partial charge in [-0.3, -0.25) is 0 Å². The third-order valence-electron chi connectivity index (χ3n) is 9.47. The lowest BCUT2D eigenvalue weighted by Crippen LogP contribution is -2.38. The number of unbranched alkanes of at least 4 members (excludes halogenated alkanes) is 4. The molecule has 2 aromatic carbocycles. The molecule has 2 aromatic rings. The van der Waals surface area contributed by atoms with Crippen LogP contribution in [0, 0.1) is 23.4 Å². The van der Waals surface area contributed by atoms with Crippen molar-refractivity contribution in [1.82, 2.24) is 0 Å². The molecule has 0 aromatic heterocycles. The summed E-state index contributed by atoms with van der Waals surface area (Å²) in [7, 11) is 0. The minimum atomic E-state index is -3.37. The van der Waals surface area contributed by atoms with Crippen molar-refractivity contribution in [2.24, 2.45) is 5.92 Å². The Hall–Kier alpha value is -2.81. The van der Waals surface area contributed by atoms with Crippen molar-refractivity contribution in [3.05, 3.63) is 83.0 Å². The van der Waals surface area contributed by atoms with E-state index in [1.807, 2.05) is 0 Å². The predicted octanol–water partition coefficient (Wildman–Crippen LogP) is 12.2. The van der Waals surface area contributed by atoms with E-state index in [1.54, 1.807) is 0 Å². The molecular weight excluding hydrogens is 609 g/mol. The first-order valence-electron chi connectivity index (χ1n) is 16.7. The van der Waals surface area contributed by atoms with Crippen LogP contribution in [0.15, 0.2) is 48.8 Å². The Kier molecular flexibility index (Phi) is 13.2. The van der Waals surface area contributed by atoms with Gasteiger partial charge in [-0.15, -0.1) is 0 Å². The summed E-state index contributed by atoms with van der Waals surface area (Å²) >= 11 is 0. The quantitative estimate of drug-likeness (QED) is 0.108. The summed E-state index contributed by atoms with van der Waals surface area (Å²) in [4.78, 5) is 0. The molecule has 0 heterocycles. The molecule has 2 aliphatic rings. The number of hydrogen-bond donors (Lipinski definition) is 0. The number of halogens is 7. The summed E-state index contributed by atoms with van der Waals surface area (Å²) in [5.41, 5.74) is 0.637. The van der Waals surface area contributed by atoms with Crippen LogP contribution >= 0.6 is 0 Å². The SMILES string of the molecule is C=CCOc1c(F)cc(C2CCC(OC(F)(F)C3CCC(c4ccc(/C(F)=C(\F)CCCCCCC)cc4F)CC3)CC2)cc1F. The van der Waals surface area contributed by atoms with Gasteiger partial charge in [0.1, 0.15) is 18.3 Å². The van der Waals surface area contributed by atoms with E-state index in [0.717, 1.165) is 31.7 Å². The van der Waals surface area contributed by atoms with Gasteiger partial charge in [0.05, 0.1) is 12.0 Å². The Balaban J connectivity index is 1.26. The first kappa shape index (κ1) is 36.0. The maximum atomic E-state index is 15.2. The topological polar surface area (TPSA) is 18.5 Å². The third kappa shape index (κ3) is 9.39. The molecule has 9 heteroatoms. The first-order valence-corrected chi connectivity index (χ1v) is 16.7. The Morgan fingerprint density at radius 3 is 2.07 bits per heavy atom. The number of alkyl halides is 2. The second-order valence-corrected chi connectivity index (χ2v) is 12.7. The average molecular weight is 655 g/mol. The van der Waals surface area contributed by atoms with E-state index in [4.69, 9.17) is 9.47 Å². The molecule has 4 rings (SSSR count). The molecule has 0 spiro atoms. The molecule has 2 saturated carbocycles. The molecule has 2 nitrogen and oxygen atoms in total. The Morgan fingerprint density at radius 2 is 1.46 bits per heavy atom. The Morgan fingerprint density at radius 1 is 0.826 bits per heavy atom. The van der Waals surface area contributed by atoms with E-state index >= 15 is 13.2 Å². The normalized spacial score (nSPS) is 22.8. The highest BCUT2D eigenvalue weighted by Gasteiger charge is 2.45. The lowest BCUT2D eigenvalue weighted by molar-refractivity contribution is -0.300. The third-order valence-corrected chi connectivity index (χ3v) is 9.47. The largest absolute Gasteiger partial charge is 0.483 e. The average Bonchev–Trinajstić information content (AvgIpc) is 3.04. The molecule has 0 amide bonds. The van der Waals surface area contributed by atoms with Crippen LogP contribution in [-0.4, -0.2) is 18.8 Å². The van der Waals surface area contributed by atoms with Crippen LogP contribution in [0.3, 0.4) is 0 Å². The van der Waals surface area contributed by atoms with Gasteiger partial charge in [0, 0.05) is 12.0 Å². The van der Waals surface area contributed by atoms with Gasteiger partial charge in [-0.25, -0.2) is 22.0 Å². The zero-order chi connectivity index (χ0) is 33.3. The summed E-state index contributed by atoms with van der Waals surface area (Å²) < 4.78 is 114. The zero-order valence-electron chi connectivity index (χ0n) is 26.5. The highest BCUT2D eigenvalue weighted by atomic mass is 19.3. The number of benzene rings is 2. The van der Waals surface area contributed by atoms with Gasteiger partial charge in [-0.1, -0.05) is 57.4 Å². The fraction of sp³-hybridized carbons (Fsp3) is 0.568. The van der Waals surface area contributed by atoms with Crippen molar-refractivity contribution >= 4 is 5.83 Å². The fourth-order valence-electron chi connectivity index (χ4n) is 6.81. The second-order valence-electron chi connectivity index (χ2n) is 12.7. The Bertz CT molecular complexity index is 1300. The molecule has 0 radical (unpaired) electrons. The first-order chi connectivity index (χ1) is 22.0. The molecule has 46 heavy (non-hydrogen) atoms. The number of rotatable bonds is 15. The smallest absolute Gasteiger partial charge is 0.358 e. The van der Waals surface area contributed by atoms with Gasteiger partial charge in [-0.2, -0.15) is 8.78 Å². The number of ether oxygens (including phenoxy) is 2. The van der Waals surface area contributed by atoms with Crippen LogP contribution in [0.1, 0.15) is 125 Å². The van der Waals surface area contributed by atoms with Crippen molar-refractivity contribution in [2.45, 2.75) is 121 Å². The van der Waals surface area contributed by atoms with Crippen LogP contribution in [0.5, 0.6) is 5.75 Å². The number of allylic oxidation sites excluding steroid dienone is 1. The highest BCUT2D eigenvalue weighted by molar-refractivity contribution is 5.61. The van der Waals surface area contributed by atoms with E-state index in [0.29, 0.717) is 56.1 Å². The molecule has 2 fully saturated rings. The highest BCUT2D eigenvalue weighted by Crippen LogP contribution is 2.46. The Labute approximate surface area is 268 Å². The van der Waals surface area contributed by atoms with Crippen molar-refractivity contribution < 1.29 is 40.2 Å². The van der Waals surface area contributed by atoms with Gasteiger partial charge in [0.2, 0.25) is 0 Å². The molecular formula is C37H45F7O2. The van der Waals surface area contributed by atoms with E-state index in [1.165, 1.54) is 30.3 Å². The molecule has 254 valence electrons. The van der Waals surface area contributed by atoms with Crippen molar-refractivity contribution in [2.75, 3.05) is 6.61 Å². The molecule has 2 aliphatic carbocycles. The molecule has 0 bridgehead atoms. The molecule has 0 atom stereocenters. The second kappa shape index (κ2) is 16.8. The molecule has 0 aliphatic heterocycles. The monoisotopic (exact) mass is 654 g/mol. The van der Waals surface area contributed by atoms with Crippen LogP contribution in [-0.2, 0) is 4.74 Å². The molecule has 0 N–H and O–H groups in total. The lowest BCUT2D eigenvalue weighted by atomic mass is 9.77. The van der Waals surface area contributed by atoms with Gasteiger partial charge < -0.3 is 9.47 Å². The molecule has 0 unspecified atom stereocenters. The van der Waals surface area contributed by atoms with E-state index < -0.39 is 53.0 Å². The van der Waals surface area contributed by atoms with E-state index in [9.17, 15) is 17.6 Å². The maximum absolute atomic E-state index is 15.2. The summed E-state index contributed by atoms with van der Waals surface area (Å²) in [5, 5.41) is 0. The van der Waals surface area contributed by atoms with Crippen molar-refractivity contribution in [1.29, 1.82) is 0 Å².